The highest BCUT2D eigenvalue weighted by molar-refractivity contribution is 6.30. The van der Waals surface area contributed by atoms with Crippen molar-refractivity contribution in [3.8, 4) is 0 Å². The van der Waals surface area contributed by atoms with E-state index in [2.05, 4.69) is 16.8 Å². The molecule has 0 aromatic carbocycles. The first-order valence-electron chi connectivity index (χ1n) is 5.62. The summed E-state index contributed by atoms with van der Waals surface area (Å²) in [6.07, 6.45) is 5.60. The second-order valence-corrected chi connectivity index (χ2v) is 4.79. The maximum atomic E-state index is 5.82. The molecule has 1 aromatic rings. The molecule has 3 heteroatoms. The van der Waals surface area contributed by atoms with Crippen molar-refractivity contribution in [1.29, 1.82) is 0 Å². The largest absolute Gasteiger partial charge is 0.357 e. The van der Waals surface area contributed by atoms with Gasteiger partial charge in [0, 0.05) is 19.3 Å². The van der Waals surface area contributed by atoms with Crippen LogP contribution in [0.3, 0.4) is 0 Å². The third-order valence-corrected chi connectivity index (χ3v) is 3.28. The first-order chi connectivity index (χ1) is 7.25. The van der Waals surface area contributed by atoms with Gasteiger partial charge in [0.1, 0.15) is 5.82 Å². The van der Waals surface area contributed by atoms with Crippen molar-refractivity contribution in [2.24, 2.45) is 5.92 Å². The molecule has 0 radical (unpaired) electrons. The molecular formula is C12H17ClN2. The van der Waals surface area contributed by atoms with Crippen LogP contribution in [0, 0.1) is 5.92 Å². The van der Waals surface area contributed by atoms with Crippen LogP contribution in [0.2, 0.25) is 5.02 Å². The molecule has 1 atom stereocenters. The summed E-state index contributed by atoms with van der Waals surface area (Å²) in [6, 6.07) is 3.93. The summed E-state index contributed by atoms with van der Waals surface area (Å²) in [6.45, 7) is 4.58. The molecule has 1 aliphatic heterocycles. The highest BCUT2D eigenvalue weighted by atomic mass is 35.5. The lowest BCUT2D eigenvalue weighted by Crippen LogP contribution is -2.24. The quantitative estimate of drug-likeness (QED) is 0.727. The van der Waals surface area contributed by atoms with Crippen molar-refractivity contribution in [3.63, 3.8) is 0 Å². The highest BCUT2D eigenvalue weighted by Crippen LogP contribution is 2.21. The van der Waals surface area contributed by atoms with Crippen LogP contribution in [0.15, 0.2) is 18.3 Å². The SMILES string of the molecule is CC1CCCN(c2ccc(Cl)cn2)CC1. The van der Waals surface area contributed by atoms with Crippen LogP contribution in [0.4, 0.5) is 5.82 Å². The lowest BCUT2D eigenvalue weighted by atomic mass is 10.0. The third-order valence-electron chi connectivity index (χ3n) is 3.05. The fourth-order valence-corrected chi connectivity index (χ4v) is 2.16. The minimum absolute atomic E-state index is 0.710. The summed E-state index contributed by atoms with van der Waals surface area (Å²) in [5.41, 5.74) is 0. The molecule has 1 aliphatic rings. The van der Waals surface area contributed by atoms with Gasteiger partial charge in [-0.15, -0.1) is 0 Å². The maximum absolute atomic E-state index is 5.82. The van der Waals surface area contributed by atoms with E-state index in [9.17, 15) is 0 Å². The standard InChI is InChI=1S/C12H17ClN2/c1-10-3-2-7-15(8-6-10)12-5-4-11(13)9-14-12/h4-5,9-10H,2-3,6-8H2,1H3. The van der Waals surface area contributed by atoms with Crippen LogP contribution < -0.4 is 4.90 Å². The fraction of sp³-hybridized carbons (Fsp3) is 0.583. The lowest BCUT2D eigenvalue weighted by Gasteiger charge is -2.21. The van der Waals surface area contributed by atoms with Crippen LogP contribution in [0.25, 0.3) is 0 Å². The third kappa shape index (κ3) is 2.85. The van der Waals surface area contributed by atoms with Gasteiger partial charge in [-0.2, -0.15) is 0 Å². The molecule has 1 fully saturated rings. The monoisotopic (exact) mass is 224 g/mol. The van der Waals surface area contributed by atoms with Crippen LogP contribution >= 0.6 is 11.6 Å². The molecule has 2 nitrogen and oxygen atoms in total. The zero-order chi connectivity index (χ0) is 10.7. The number of halogens is 1. The Kier molecular flexibility index (Phi) is 3.47. The molecule has 0 bridgehead atoms. The second-order valence-electron chi connectivity index (χ2n) is 4.36. The summed E-state index contributed by atoms with van der Waals surface area (Å²) in [4.78, 5) is 6.72. The number of hydrogen-bond donors (Lipinski definition) is 0. The van der Waals surface area contributed by atoms with Crippen molar-refractivity contribution >= 4 is 17.4 Å². The number of hydrogen-bond acceptors (Lipinski definition) is 2. The molecule has 0 spiro atoms. The Morgan fingerprint density at radius 2 is 2.20 bits per heavy atom. The molecule has 0 saturated carbocycles. The van der Waals surface area contributed by atoms with Crippen molar-refractivity contribution < 1.29 is 0 Å². The fourth-order valence-electron chi connectivity index (χ4n) is 2.05. The average Bonchev–Trinajstić information content (AvgIpc) is 2.44. The Balaban J connectivity index is 2.06. The first kappa shape index (κ1) is 10.7. The van der Waals surface area contributed by atoms with E-state index in [-0.39, 0.29) is 0 Å². The minimum Gasteiger partial charge on any atom is -0.357 e. The highest BCUT2D eigenvalue weighted by Gasteiger charge is 2.14. The van der Waals surface area contributed by atoms with Crippen LogP contribution in [-0.2, 0) is 0 Å². The van der Waals surface area contributed by atoms with E-state index in [4.69, 9.17) is 11.6 Å². The van der Waals surface area contributed by atoms with E-state index < -0.39 is 0 Å². The maximum Gasteiger partial charge on any atom is 0.128 e. The zero-order valence-corrected chi connectivity index (χ0v) is 9.87. The van der Waals surface area contributed by atoms with Gasteiger partial charge < -0.3 is 4.90 Å². The molecule has 1 aromatic heterocycles. The van der Waals surface area contributed by atoms with Crippen molar-refractivity contribution in [2.45, 2.75) is 26.2 Å². The van der Waals surface area contributed by atoms with Gasteiger partial charge in [-0.1, -0.05) is 18.5 Å². The normalized spacial score (nSPS) is 22.5. The topological polar surface area (TPSA) is 16.1 Å². The van der Waals surface area contributed by atoms with Crippen molar-refractivity contribution in [2.75, 3.05) is 18.0 Å². The molecule has 0 aliphatic carbocycles. The number of anilines is 1. The predicted molar refractivity (Wildman–Crippen MR) is 64.5 cm³/mol. The van der Waals surface area contributed by atoms with E-state index in [0.717, 1.165) is 24.8 Å². The Labute approximate surface area is 96.3 Å². The molecule has 1 unspecified atom stereocenters. The van der Waals surface area contributed by atoms with Gasteiger partial charge in [-0.05, 0) is 37.3 Å². The van der Waals surface area contributed by atoms with Gasteiger partial charge in [0.2, 0.25) is 0 Å². The number of nitrogens with zero attached hydrogens (tertiary/aromatic N) is 2. The summed E-state index contributed by atoms with van der Waals surface area (Å²) in [7, 11) is 0. The summed E-state index contributed by atoms with van der Waals surface area (Å²) in [5, 5.41) is 0.710. The van der Waals surface area contributed by atoms with E-state index in [1.807, 2.05) is 12.1 Å². The number of rotatable bonds is 1. The van der Waals surface area contributed by atoms with E-state index in [1.165, 1.54) is 19.3 Å². The lowest BCUT2D eigenvalue weighted by molar-refractivity contribution is 0.521. The van der Waals surface area contributed by atoms with E-state index in [1.54, 1.807) is 6.20 Å². The van der Waals surface area contributed by atoms with Crippen LogP contribution in [0.5, 0.6) is 0 Å². The number of pyridine rings is 1. The van der Waals surface area contributed by atoms with Gasteiger partial charge in [0.05, 0.1) is 5.02 Å². The van der Waals surface area contributed by atoms with Crippen molar-refractivity contribution in [3.05, 3.63) is 23.4 Å². The molecule has 2 heterocycles. The van der Waals surface area contributed by atoms with Gasteiger partial charge >= 0.3 is 0 Å². The van der Waals surface area contributed by atoms with Gasteiger partial charge in [0.15, 0.2) is 0 Å². The van der Waals surface area contributed by atoms with E-state index in [0.29, 0.717) is 5.02 Å². The Morgan fingerprint density at radius 1 is 1.33 bits per heavy atom. The Morgan fingerprint density at radius 3 is 2.93 bits per heavy atom. The number of aromatic nitrogens is 1. The average molecular weight is 225 g/mol. The Hall–Kier alpha value is -0.760. The molecule has 15 heavy (non-hydrogen) atoms. The summed E-state index contributed by atoms with van der Waals surface area (Å²) >= 11 is 5.82. The van der Waals surface area contributed by atoms with Crippen molar-refractivity contribution in [1.82, 2.24) is 4.98 Å². The summed E-state index contributed by atoms with van der Waals surface area (Å²) < 4.78 is 0. The predicted octanol–water partition coefficient (Wildman–Crippen LogP) is 3.36. The Bertz CT molecular complexity index is 310. The molecule has 82 valence electrons. The van der Waals surface area contributed by atoms with Gasteiger partial charge in [-0.3, -0.25) is 0 Å². The first-order valence-corrected chi connectivity index (χ1v) is 6.00. The smallest absolute Gasteiger partial charge is 0.128 e. The van der Waals surface area contributed by atoms with E-state index >= 15 is 0 Å². The minimum atomic E-state index is 0.710. The second kappa shape index (κ2) is 4.84. The van der Waals surface area contributed by atoms with Crippen LogP contribution in [0.1, 0.15) is 26.2 Å². The molecule has 2 rings (SSSR count). The van der Waals surface area contributed by atoms with Gasteiger partial charge in [0.25, 0.3) is 0 Å². The molecular weight excluding hydrogens is 208 g/mol. The molecule has 1 saturated heterocycles. The molecule has 0 N–H and O–H groups in total. The van der Waals surface area contributed by atoms with Gasteiger partial charge in [-0.25, -0.2) is 4.98 Å². The molecule has 0 amide bonds. The van der Waals surface area contributed by atoms with Crippen LogP contribution in [-0.4, -0.2) is 18.1 Å². The zero-order valence-electron chi connectivity index (χ0n) is 9.12. The summed E-state index contributed by atoms with van der Waals surface area (Å²) in [5.74, 6) is 1.91.